The average Bonchev–Trinajstić information content (AvgIpc) is 3.12. The molecular formula is C16H20N6O. The van der Waals surface area contributed by atoms with Gasteiger partial charge in [0.05, 0.1) is 37.2 Å². The first-order valence-electron chi connectivity index (χ1n) is 7.96. The zero-order chi connectivity index (χ0) is 15.8. The molecule has 0 spiro atoms. The van der Waals surface area contributed by atoms with Crippen molar-refractivity contribution in [2.45, 2.75) is 32.5 Å². The summed E-state index contributed by atoms with van der Waals surface area (Å²) in [7, 11) is 0. The highest BCUT2D eigenvalue weighted by atomic mass is 16.5. The van der Waals surface area contributed by atoms with Crippen LogP contribution in [0.25, 0.3) is 10.9 Å². The molecule has 1 aromatic carbocycles. The Balaban J connectivity index is 1.53. The van der Waals surface area contributed by atoms with Crippen LogP contribution in [0.3, 0.4) is 0 Å². The Bertz CT molecular complexity index is 819. The lowest BCUT2D eigenvalue weighted by Crippen LogP contribution is -2.31. The van der Waals surface area contributed by atoms with Gasteiger partial charge in [0.2, 0.25) is 0 Å². The normalized spacial score (nSPS) is 16.4. The molecule has 1 aliphatic heterocycles. The minimum absolute atomic E-state index is 0.0835. The van der Waals surface area contributed by atoms with Crippen molar-refractivity contribution in [3.05, 3.63) is 36.3 Å². The highest BCUT2D eigenvalue weighted by molar-refractivity contribution is 5.82. The van der Waals surface area contributed by atoms with Gasteiger partial charge in [0, 0.05) is 17.6 Å². The maximum atomic E-state index is 5.20. The second kappa shape index (κ2) is 5.66. The Morgan fingerprint density at radius 1 is 1.39 bits per heavy atom. The predicted molar refractivity (Wildman–Crippen MR) is 87.3 cm³/mol. The fraction of sp³-hybridized carbons (Fsp3) is 0.438. The molecule has 0 radical (unpaired) electrons. The molecule has 23 heavy (non-hydrogen) atoms. The van der Waals surface area contributed by atoms with Gasteiger partial charge in [0.25, 0.3) is 0 Å². The third-order valence-corrected chi connectivity index (χ3v) is 4.29. The molecule has 1 saturated heterocycles. The van der Waals surface area contributed by atoms with Crippen molar-refractivity contribution in [1.82, 2.24) is 24.8 Å². The lowest BCUT2D eigenvalue weighted by Gasteiger charge is -2.25. The number of hydrogen-bond acceptors (Lipinski definition) is 5. The molecule has 3 aromatic rings. The fourth-order valence-electron chi connectivity index (χ4n) is 2.78. The van der Waals surface area contributed by atoms with E-state index in [1.165, 1.54) is 0 Å². The fourth-order valence-corrected chi connectivity index (χ4v) is 2.78. The minimum atomic E-state index is 0.0835. The molecule has 2 aromatic heterocycles. The number of fused-ring (bicyclic) bond motifs is 1. The van der Waals surface area contributed by atoms with Crippen LogP contribution >= 0.6 is 0 Å². The van der Waals surface area contributed by atoms with Gasteiger partial charge in [0.1, 0.15) is 11.7 Å². The molecule has 1 atom stereocenters. The Labute approximate surface area is 134 Å². The van der Waals surface area contributed by atoms with Gasteiger partial charge in [-0.05, 0) is 32.0 Å². The van der Waals surface area contributed by atoms with E-state index >= 15 is 0 Å². The summed E-state index contributed by atoms with van der Waals surface area (Å²) >= 11 is 0. The van der Waals surface area contributed by atoms with Crippen LogP contribution in [-0.4, -0.2) is 38.0 Å². The summed E-state index contributed by atoms with van der Waals surface area (Å²) < 4.78 is 9.09. The van der Waals surface area contributed by atoms with Gasteiger partial charge in [-0.1, -0.05) is 5.21 Å². The number of aromatic nitrogens is 5. The quantitative estimate of drug-likeness (QED) is 0.783. The minimum Gasteiger partial charge on any atom is -0.377 e. The summed E-state index contributed by atoms with van der Waals surface area (Å²) in [5.74, 6) is 0. The van der Waals surface area contributed by atoms with Crippen molar-refractivity contribution in [3.8, 4) is 0 Å². The molecule has 1 fully saturated rings. The van der Waals surface area contributed by atoms with E-state index < -0.39 is 0 Å². The van der Waals surface area contributed by atoms with Crippen LogP contribution in [0.15, 0.2) is 30.6 Å². The summed E-state index contributed by atoms with van der Waals surface area (Å²) in [5.41, 5.74) is 3.13. The lowest BCUT2D eigenvalue weighted by atomic mass is 10.2. The van der Waals surface area contributed by atoms with Crippen LogP contribution in [-0.2, 0) is 11.3 Å². The van der Waals surface area contributed by atoms with Crippen LogP contribution in [0.2, 0.25) is 0 Å². The number of aryl methyl sites for hydroxylation is 1. The second-order valence-electron chi connectivity index (χ2n) is 5.91. The van der Waals surface area contributed by atoms with Gasteiger partial charge in [-0.25, -0.2) is 4.68 Å². The van der Waals surface area contributed by atoms with Crippen molar-refractivity contribution in [3.63, 3.8) is 0 Å². The maximum absolute atomic E-state index is 5.20. The van der Waals surface area contributed by atoms with E-state index in [1.54, 1.807) is 0 Å². The van der Waals surface area contributed by atoms with Crippen molar-refractivity contribution in [2.75, 3.05) is 18.5 Å². The Morgan fingerprint density at radius 3 is 3.00 bits per heavy atom. The highest BCUT2D eigenvalue weighted by Gasteiger charge is 2.22. The molecule has 1 aliphatic rings. The molecule has 0 amide bonds. The molecule has 0 aliphatic carbocycles. The van der Waals surface area contributed by atoms with Gasteiger partial charge < -0.3 is 10.1 Å². The zero-order valence-electron chi connectivity index (χ0n) is 13.3. The van der Waals surface area contributed by atoms with E-state index in [0.29, 0.717) is 6.04 Å². The number of benzene rings is 1. The molecule has 1 N–H and O–H groups in total. The van der Waals surface area contributed by atoms with Gasteiger partial charge >= 0.3 is 0 Å². The van der Waals surface area contributed by atoms with Crippen LogP contribution in [0.1, 0.15) is 31.6 Å². The van der Waals surface area contributed by atoms with Crippen LogP contribution in [0, 0.1) is 0 Å². The Hall–Kier alpha value is -2.41. The molecule has 0 saturated carbocycles. The summed E-state index contributed by atoms with van der Waals surface area (Å²) in [4.78, 5) is 0. The second-order valence-corrected chi connectivity index (χ2v) is 5.91. The Morgan fingerprint density at radius 2 is 2.26 bits per heavy atom. The first-order valence-corrected chi connectivity index (χ1v) is 7.96. The smallest absolute Gasteiger partial charge is 0.105 e. The van der Waals surface area contributed by atoms with Gasteiger partial charge in [0.15, 0.2) is 0 Å². The molecular weight excluding hydrogens is 292 g/mol. The Kier molecular flexibility index (Phi) is 3.49. The summed E-state index contributed by atoms with van der Waals surface area (Å²) in [6.45, 7) is 6.50. The number of nitrogens with one attached hydrogen (secondary N) is 1. The molecule has 7 heteroatoms. The highest BCUT2D eigenvalue weighted by Crippen LogP contribution is 2.23. The number of ether oxygens (including phenoxy) is 1. The van der Waals surface area contributed by atoms with Crippen molar-refractivity contribution in [2.24, 2.45) is 0 Å². The van der Waals surface area contributed by atoms with E-state index in [-0.39, 0.29) is 6.04 Å². The molecule has 7 nitrogen and oxygen atoms in total. The van der Waals surface area contributed by atoms with Crippen molar-refractivity contribution in [1.29, 1.82) is 0 Å². The van der Waals surface area contributed by atoms with Gasteiger partial charge in [-0.3, -0.25) is 4.68 Å². The zero-order valence-corrected chi connectivity index (χ0v) is 13.3. The standard InChI is InChI=1S/C16H20N6O/c1-3-21-16-6-13(5-4-12(16)7-17-21)18-11(2)15-8-22(20-19-15)14-9-23-10-14/h4-8,11,14,18H,3,9-10H2,1-2H3/t11-/m0/s1. The lowest BCUT2D eigenvalue weighted by molar-refractivity contribution is -0.0293. The van der Waals surface area contributed by atoms with Crippen LogP contribution in [0.4, 0.5) is 5.69 Å². The van der Waals surface area contributed by atoms with Crippen LogP contribution in [0.5, 0.6) is 0 Å². The number of rotatable bonds is 5. The molecule has 4 rings (SSSR count). The van der Waals surface area contributed by atoms with E-state index in [2.05, 4.69) is 52.8 Å². The predicted octanol–water partition coefficient (Wildman–Crippen LogP) is 2.39. The van der Waals surface area contributed by atoms with Crippen LogP contribution < -0.4 is 5.32 Å². The molecule has 120 valence electrons. The maximum Gasteiger partial charge on any atom is 0.105 e. The van der Waals surface area contributed by atoms with E-state index in [4.69, 9.17) is 4.74 Å². The average molecular weight is 312 g/mol. The third kappa shape index (κ3) is 2.57. The summed E-state index contributed by atoms with van der Waals surface area (Å²) in [6, 6.07) is 6.71. The summed E-state index contributed by atoms with van der Waals surface area (Å²) in [6.07, 6.45) is 3.90. The van der Waals surface area contributed by atoms with E-state index in [1.807, 2.05) is 21.8 Å². The van der Waals surface area contributed by atoms with Crippen molar-refractivity contribution >= 4 is 16.6 Å². The molecule has 0 unspecified atom stereocenters. The first-order chi connectivity index (χ1) is 11.2. The third-order valence-electron chi connectivity index (χ3n) is 4.29. The monoisotopic (exact) mass is 312 g/mol. The van der Waals surface area contributed by atoms with E-state index in [0.717, 1.165) is 42.0 Å². The topological polar surface area (TPSA) is 69.8 Å². The SMILES string of the molecule is CCn1ncc2ccc(N[C@@H](C)c3cn(C4COC4)nn3)cc21. The first kappa shape index (κ1) is 14.2. The van der Waals surface area contributed by atoms with E-state index in [9.17, 15) is 0 Å². The molecule has 0 bridgehead atoms. The number of hydrogen-bond donors (Lipinski definition) is 1. The summed E-state index contributed by atoms with van der Waals surface area (Å²) in [5, 5.41) is 17.5. The molecule has 3 heterocycles. The largest absolute Gasteiger partial charge is 0.377 e. The number of anilines is 1. The van der Waals surface area contributed by atoms with Crippen molar-refractivity contribution < 1.29 is 4.74 Å². The van der Waals surface area contributed by atoms with Gasteiger partial charge in [-0.2, -0.15) is 5.10 Å². The van der Waals surface area contributed by atoms with Gasteiger partial charge in [-0.15, -0.1) is 5.10 Å². The number of nitrogens with zero attached hydrogens (tertiary/aromatic N) is 5.